The Balaban J connectivity index is 1.59. The molecule has 0 atom stereocenters. The average molecular weight is 317 g/mol. The van der Waals surface area contributed by atoms with Gasteiger partial charge in [-0.3, -0.25) is 4.57 Å². The van der Waals surface area contributed by atoms with Crippen LogP contribution >= 0.6 is 11.8 Å². The van der Waals surface area contributed by atoms with Crippen molar-refractivity contribution in [3.05, 3.63) is 36.7 Å². The Morgan fingerprint density at radius 2 is 1.91 bits per heavy atom. The summed E-state index contributed by atoms with van der Waals surface area (Å²) in [4.78, 5) is 7.06. The van der Waals surface area contributed by atoms with Gasteiger partial charge in [-0.15, -0.1) is 0 Å². The van der Waals surface area contributed by atoms with E-state index in [1.165, 1.54) is 32.4 Å². The molecule has 0 bridgehead atoms. The number of methoxy groups -OCH3 is 1. The van der Waals surface area contributed by atoms with E-state index in [2.05, 4.69) is 26.6 Å². The van der Waals surface area contributed by atoms with E-state index >= 15 is 0 Å². The van der Waals surface area contributed by atoms with E-state index in [1.807, 2.05) is 36.3 Å². The highest BCUT2D eigenvalue weighted by molar-refractivity contribution is 7.99. The lowest BCUT2D eigenvalue weighted by molar-refractivity contribution is 0.242. The first-order chi connectivity index (χ1) is 10.9. The fourth-order valence-corrected chi connectivity index (χ4v) is 3.76. The molecule has 1 fully saturated rings. The molecule has 5 heteroatoms. The monoisotopic (exact) mass is 317 g/mol. The van der Waals surface area contributed by atoms with Crippen LogP contribution in [-0.4, -0.2) is 46.9 Å². The van der Waals surface area contributed by atoms with Crippen molar-refractivity contribution in [3.63, 3.8) is 0 Å². The number of aromatic nitrogens is 2. The van der Waals surface area contributed by atoms with E-state index in [-0.39, 0.29) is 0 Å². The number of hydrogen-bond donors (Lipinski definition) is 0. The lowest BCUT2D eigenvalue weighted by atomic mass is 10.1. The lowest BCUT2D eigenvalue weighted by Gasteiger charge is -2.25. The van der Waals surface area contributed by atoms with E-state index in [0.717, 1.165) is 28.9 Å². The lowest BCUT2D eigenvalue weighted by Crippen LogP contribution is -2.31. The van der Waals surface area contributed by atoms with Crippen LogP contribution in [0.3, 0.4) is 0 Å². The molecule has 0 unspecified atom stereocenters. The largest absolute Gasteiger partial charge is 0.497 e. The second-order valence-electron chi connectivity index (χ2n) is 5.53. The number of likely N-dealkylation sites (tertiary alicyclic amines) is 1. The predicted molar refractivity (Wildman–Crippen MR) is 91.1 cm³/mol. The molecule has 0 spiro atoms. The van der Waals surface area contributed by atoms with E-state index < -0.39 is 0 Å². The molecular weight excluding hydrogens is 294 g/mol. The van der Waals surface area contributed by atoms with Gasteiger partial charge < -0.3 is 9.64 Å². The van der Waals surface area contributed by atoms with Crippen LogP contribution < -0.4 is 4.74 Å². The summed E-state index contributed by atoms with van der Waals surface area (Å²) in [7, 11) is 1.69. The molecule has 1 aliphatic rings. The zero-order valence-electron chi connectivity index (χ0n) is 13.1. The highest BCUT2D eigenvalue weighted by atomic mass is 32.2. The third kappa shape index (κ3) is 3.84. The van der Waals surface area contributed by atoms with Gasteiger partial charge in [0.05, 0.1) is 7.11 Å². The molecule has 1 aliphatic heterocycles. The van der Waals surface area contributed by atoms with E-state index in [1.54, 1.807) is 7.11 Å². The van der Waals surface area contributed by atoms with Crippen molar-refractivity contribution < 1.29 is 4.74 Å². The number of nitrogens with zero attached hydrogens (tertiary/aromatic N) is 3. The normalized spacial score (nSPS) is 15.9. The van der Waals surface area contributed by atoms with E-state index in [4.69, 9.17) is 4.74 Å². The van der Waals surface area contributed by atoms with Crippen LogP contribution in [0.15, 0.2) is 41.8 Å². The number of imidazole rings is 1. The van der Waals surface area contributed by atoms with Gasteiger partial charge in [0.1, 0.15) is 5.75 Å². The van der Waals surface area contributed by atoms with Gasteiger partial charge in [0.2, 0.25) is 0 Å². The van der Waals surface area contributed by atoms with Crippen molar-refractivity contribution in [2.75, 3.05) is 32.5 Å². The Morgan fingerprint density at radius 3 is 2.64 bits per heavy atom. The second kappa shape index (κ2) is 7.70. The Bertz CT molecular complexity index is 576. The van der Waals surface area contributed by atoms with Crippen LogP contribution in [0.4, 0.5) is 0 Å². The number of piperidine rings is 1. The van der Waals surface area contributed by atoms with Crippen molar-refractivity contribution in [1.29, 1.82) is 0 Å². The number of rotatable bonds is 6. The molecule has 1 aromatic carbocycles. The maximum Gasteiger partial charge on any atom is 0.172 e. The van der Waals surface area contributed by atoms with Crippen LogP contribution in [0.2, 0.25) is 0 Å². The number of hydrogen-bond acceptors (Lipinski definition) is 4. The fraction of sp³-hybridized carbons (Fsp3) is 0.471. The summed E-state index contributed by atoms with van der Waals surface area (Å²) in [6, 6.07) is 8.10. The summed E-state index contributed by atoms with van der Waals surface area (Å²) >= 11 is 1.83. The van der Waals surface area contributed by atoms with E-state index in [9.17, 15) is 0 Å². The highest BCUT2D eigenvalue weighted by Crippen LogP contribution is 2.22. The number of benzene rings is 1. The maximum absolute atomic E-state index is 5.21. The van der Waals surface area contributed by atoms with Gasteiger partial charge in [-0.2, -0.15) is 0 Å². The first-order valence-electron chi connectivity index (χ1n) is 7.90. The molecule has 22 heavy (non-hydrogen) atoms. The molecule has 1 saturated heterocycles. The summed E-state index contributed by atoms with van der Waals surface area (Å²) in [5, 5.41) is 1.06. The Labute approximate surface area is 136 Å². The van der Waals surface area contributed by atoms with Gasteiger partial charge in [0, 0.05) is 30.4 Å². The highest BCUT2D eigenvalue weighted by Gasteiger charge is 2.11. The van der Waals surface area contributed by atoms with Crippen LogP contribution in [0.25, 0.3) is 5.69 Å². The minimum absolute atomic E-state index is 0.878. The van der Waals surface area contributed by atoms with E-state index in [0.29, 0.717) is 0 Å². The average Bonchev–Trinajstić information content (AvgIpc) is 3.04. The Kier molecular flexibility index (Phi) is 5.40. The summed E-state index contributed by atoms with van der Waals surface area (Å²) < 4.78 is 7.35. The fourth-order valence-electron chi connectivity index (χ4n) is 2.78. The molecule has 118 valence electrons. The molecule has 0 saturated carbocycles. The Hall–Kier alpha value is -1.46. The number of ether oxygens (including phenoxy) is 1. The van der Waals surface area contributed by atoms with Gasteiger partial charge in [0.15, 0.2) is 5.16 Å². The zero-order chi connectivity index (χ0) is 15.2. The Morgan fingerprint density at radius 1 is 1.14 bits per heavy atom. The maximum atomic E-state index is 5.21. The standard InChI is InChI=1S/C17H23N3OS/c1-21-16-7-5-15(6-8-16)20-12-9-18-17(20)22-14-13-19-10-3-2-4-11-19/h5-9,12H,2-4,10-11,13-14H2,1H3. The molecule has 0 N–H and O–H groups in total. The third-order valence-electron chi connectivity index (χ3n) is 4.04. The third-order valence-corrected chi connectivity index (χ3v) is 4.99. The number of thioether (sulfide) groups is 1. The van der Waals surface area contributed by atoms with Crippen LogP contribution in [-0.2, 0) is 0 Å². The minimum atomic E-state index is 0.878. The molecule has 0 aliphatic carbocycles. The zero-order valence-corrected chi connectivity index (χ0v) is 13.9. The van der Waals surface area contributed by atoms with Crippen LogP contribution in [0.5, 0.6) is 5.75 Å². The van der Waals surface area contributed by atoms with Crippen molar-refractivity contribution in [3.8, 4) is 11.4 Å². The molecule has 2 heterocycles. The summed E-state index contributed by atoms with van der Waals surface area (Å²) in [5.41, 5.74) is 1.12. The molecule has 0 radical (unpaired) electrons. The smallest absolute Gasteiger partial charge is 0.172 e. The topological polar surface area (TPSA) is 30.3 Å². The second-order valence-corrected chi connectivity index (χ2v) is 6.59. The summed E-state index contributed by atoms with van der Waals surface area (Å²) in [5.74, 6) is 1.97. The van der Waals surface area contributed by atoms with Gasteiger partial charge in [-0.25, -0.2) is 4.98 Å². The van der Waals surface area contributed by atoms with Gasteiger partial charge in [0.25, 0.3) is 0 Å². The van der Waals surface area contributed by atoms with Crippen molar-refractivity contribution in [2.24, 2.45) is 0 Å². The first kappa shape index (κ1) is 15.4. The molecular formula is C17H23N3OS. The molecule has 2 aromatic rings. The molecule has 1 aromatic heterocycles. The predicted octanol–water partition coefficient (Wildman–Crippen LogP) is 3.46. The van der Waals surface area contributed by atoms with Crippen LogP contribution in [0.1, 0.15) is 19.3 Å². The SMILES string of the molecule is COc1ccc(-n2ccnc2SCCN2CCCCC2)cc1. The minimum Gasteiger partial charge on any atom is -0.497 e. The molecule has 4 nitrogen and oxygen atoms in total. The van der Waals surface area contributed by atoms with Crippen LogP contribution in [0, 0.1) is 0 Å². The molecule has 0 amide bonds. The van der Waals surface area contributed by atoms with Crippen molar-refractivity contribution in [2.45, 2.75) is 24.4 Å². The van der Waals surface area contributed by atoms with Gasteiger partial charge in [-0.05, 0) is 50.2 Å². The van der Waals surface area contributed by atoms with Gasteiger partial charge in [-0.1, -0.05) is 18.2 Å². The van der Waals surface area contributed by atoms with Gasteiger partial charge >= 0.3 is 0 Å². The quantitative estimate of drug-likeness (QED) is 0.763. The summed E-state index contributed by atoms with van der Waals surface area (Å²) in [6.07, 6.45) is 7.99. The first-order valence-corrected chi connectivity index (χ1v) is 8.88. The van der Waals surface area contributed by atoms with Crippen molar-refractivity contribution >= 4 is 11.8 Å². The molecule has 3 rings (SSSR count). The summed E-state index contributed by atoms with van der Waals surface area (Å²) in [6.45, 7) is 3.67. The van der Waals surface area contributed by atoms with Crippen molar-refractivity contribution in [1.82, 2.24) is 14.5 Å².